The van der Waals surface area contributed by atoms with Crippen molar-refractivity contribution in [3.05, 3.63) is 164 Å². The van der Waals surface area contributed by atoms with Crippen molar-refractivity contribution >= 4 is 81.6 Å². The average molecular weight is 623 g/mol. The van der Waals surface area contributed by atoms with E-state index in [2.05, 4.69) is 167 Å². The summed E-state index contributed by atoms with van der Waals surface area (Å²) in [6.07, 6.45) is 2.01. The number of para-hydroxylation sites is 2. The summed E-state index contributed by atoms with van der Waals surface area (Å²) in [5.74, 6) is 0. The van der Waals surface area contributed by atoms with Gasteiger partial charge in [0.05, 0.1) is 21.9 Å². The quantitative estimate of drug-likeness (QED) is 0.139. The first-order chi connectivity index (χ1) is 24.3. The molecule has 8 aromatic carbocycles. The molecule has 0 fully saturated rings. The molecular formula is C46H28N3+. The van der Waals surface area contributed by atoms with Crippen LogP contribution in [-0.2, 0) is 0 Å². The predicted octanol–water partition coefficient (Wildman–Crippen LogP) is 11.6. The van der Waals surface area contributed by atoms with Crippen LogP contribution in [0.25, 0.3) is 104 Å². The van der Waals surface area contributed by atoms with Crippen LogP contribution in [0.3, 0.4) is 0 Å². The van der Waals surface area contributed by atoms with Crippen LogP contribution in [0.2, 0.25) is 0 Å². The van der Waals surface area contributed by atoms with E-state index in [4.69, 9.17) is 4.98 Å². The third-order valence-corrected chi connectivity index (χ3v) is 10.4. The van der Waals surface area contributed by atoms with Gasteiger partial charge in [-0.3, -0.25) is 4.40 Å². The number of nitrogens with one attached hydrogen (secondary N) is 1. The number of fused-ring (bicyclic) bond motifs is 13. The van der Waals surface area contributed by atoms with Crippen molar-refractivity contribution in [2.24, 2.45) is 0 Å². The molecule has 0 radical (unpaired) electrons. The first kappa shape index (κ1) is 26.5. The fourth-order valence-corrected chi connectivity index (χ4v) is 8.36. The van der Waals surface area contributed by atoms with E-state index in [1.165, 1.54) is 70.7 Å². The second-order valence-corrected chi connectivity index (χ2v) is 13.0. The second-order valence-electron chi connectivity index (χ2n) is 13.0. The van der Waals surface area contributed by atoms with E-state index < -0.39 is 0 Å². The standard InChI is InChI=1S/C46H27N3/c1-2-14-31-28(11-1)12-9-19-33(31)43-36-17-5-3-15-34(36)42(35-16-4-6-18-37(35)43)30-23-24-32-38-25-22-29-13-10-26-47-45(29)44(38)46-48-39-20-7-8-21-40(39)49(46)41(32)27-30/h1-27H/p+1. The Kier molecular flexibility index (Phi) is 5.38. The lowest BCUT2D eigenvalue weighted by atomic mass is 9.84. The van der Waals surface area contributed by atoms with Gasteiger partial charge in [-0.2, -0.15) is 0 Å². The number of rotatable bonds is 2. The molecule has 0 unspecified atom stereocenters. The highest BCUT2D eigenvalue weighted by atomic mass is 15.0. The molecule has 0 bridgehead atoms. The SMILES string of the molecule is c1ccc2c(-c3c4ccccc4c(-c4ccc5c6ccc7ccc[nH+]c7c6c6nc7ccccc7n6c5c4)c4ccccc34)cccc2c1. The van der Waals surface area contributed by atoms with E-state index in [1.54, 1.807) is 0 Å². The van der Waals surface area contributed by atoms with Gasteiger partial charge in [-0.15, -0.1) is 0 Å². The van der Waals surface area contributed by atoms with Gasteiger partial charge >= 0.3 is 0 Å². The molecule has 49 heavy (non-hydrogen) atoms. The largest absolute Gasteiger partial charge is 0.291 e. The summed E-state index contributed by atoms with van der Waals surface area (Å²) < 4.78 is 2.37. The van der Waals surface area contributed by atoms with Gasteiger partial charge < -0.3 is 0 Å². The highest BCUT2D eigenvalue weighted by Crippen LogP contribution is 2.46. The zero-order valence-corrected chi connectivity index (χ0v) is 26.5. The molecule has 0 spiro atoms. The van der Waals surface area contributed by atoms with Gasteiger partial charge in [0.15, 0.2) is 11.8 Å². The maximum atomic E-state index is 5.26. The minimum absolute atomic E-state index is 0.968. The molecular weight excluding hydrogens is 595 g/mol. The van der Waals surface area contributed by atoms with Gasteiger partial charge in [0.25, 0.3) is 0 Å². The molecule has 0 atom stereocenters. The van der Waals surface area contributed by atoms with Gasteiger partial charge in [0.2, 0.25) is 5.52 Å². The number of H-pyrrole nitrogens is 1. The van der Waals surface area contributed by atoms with Crippen LogP contribution < -0.4 is 4.98 Å². The Morgan fingerprint density at radius 3 is 1.92 bits per heavy atom. The van der Waals surface area contributed by atoms with Crippen LogP contribution >= 0.6 is 0 Å². The summed E-state index contributed by atoms with van der Waals surface area (Å²) in [6, 6.07) is 57.4. The van der Waals surface area contributed by atoms with Crippen molar-refractivity contribution in [2.45, 2.75) is 0 Å². The lowest BCUT2D eigenvalue weighted by molar-refractivity contribution is -0.343. The van der Waals surface area contributed by atoms with Crippen molar-refractivity contribution in [2.75, 3.05) is 0 Å². The molecule has 3 heteroatoms. The Balaban J connectivity index is 1.29. The van der Waals surface area contributed by atoms with Crippen LogP contribution in [0.4, 0.5) is 0 Å². The topological polar surface area (TPSA) is 31.4 Å². The summed E-state index contributed by atoms with van der Waals surface area (Å²) in [6.45, 7) is 0. The molecule has 11 aromatic rings. The van der Waals surface area contributed by atoms with Crippen molar-refractivity contribution in [3.63, 3.8) is 0 Å². The zero-order valence-electron chi connectivity index (χ0n) is 26.5. The molecule has 0 amide bonds. The molecule has 11 rings (SSSR count). The third kappa shape index (κ3) is 3.67. The molecule has 0 aliphatic rings. The molecule has 0 saturated carbocycles. The molecule has 1 N–H and O–H groups in total. The van der Waals surface area contributed by atoms with Crippen LogP contribution in [0, 0.1) is 0 Å². The van der Waals surface area contributed by atoms with Crippen LogP contribution in [0.15, 0.2) is 164 Å². The molecule has 0 aliphatic carbocycles. The minimum Gasteiger partial charge on any atom is -0.291 e. The molecule has 3 heterocycles. The van der Waals surface area contributed by atoms with Crippen LogP contribution in [0.1, 0.15) is 0 Å². The van der Waals surface area contributed by atoms with Gasteiger partial charge in [-0.05, 0) is 84.9 Å². The summed E-state index contributed by atoms with van der Waals surface area (Å²) in [7, 11) is 0. The Labute approximate surface area is 281 Å². The molecule has 3 nitrogen and oxygen atoms in total. The van der Waals surface area contributed by atoms with Gasteiger partial charge in [0, 0.05) is 22.2 Å². The number of nitrogens with zero attached hydrogens (tertiary/aromatic N) is 2. The molecule has 3 aromatic heterocycles. The number of hydrogen-bond donors (Lipinski definition) is 0. The first-order valence-corrected chi connectivity index (χ1v) is 16.8. The summed E-state index contributed by atoms with van der Waals surface area (Å²) in [5.41, 5.74) is 10.3. The van der Waals surface area contributed by atoms with E-state index >= 15 is 0 Å². The fourth-order valence-electron chi connectivity index (χ4n) is 8.36. The Bertz CT molecular complexity index is 3110. The number of benzene rings is 8. The Hall–Kier alpha value is -6.58. The van der Waals surface area contributed by atoms with Crippen LogP contribution in [0.5, 0.6) is 0 Å². The average Bonchev–Trinajstić information content (AvgIpc) is 3.56. The number of hydrogen-bond acceptors (Lipinski definition) is 1. The maximum absolute atomic E-state index is 5.26. The molecule has 0 aliphatic heterocycles. The molecule has 0 saturated heterocycles. The first-order valence-electron chi connectivity index (χ1n) is 16.8. The second kappa shape index (κ2) is 9.96. The normalized spacial score (nSPS) is 12.1. The van der Waals surface area contributed by atoms with Gasteiger partial charge in [0.1, 0.15) is 0 Å². The number of aromatic amines is 1. The van der Waals surface area contributed by atoms with Crippen molar-refractivity contribution < 1.29 is 4.98 Å². The lowest BCUT2D eigenvalue weighted by Gasteiger charge is -2.19. The number of imidazole rings is 1. The fraction of sp³-hybridized carbons (Fsp3) is 0. The maximum Gasteiger partial charge on any atom is 0.222 e. The number of pyridine rings is 2. The van der Waals surface area contributed by atoms with E-state index in [0.29, 0.717) is 0 Å². The predicted molar refractivity (Wildman–Crippen MR) is 205 cm³/mol. The molecule has 226 valence electrons. The smallest absolute Gasteiger partial charge is 0.222 e. The third-order valence-electron chi connectivity index (χ3n) is 10.4. The highest BCUT2D eigenvalue weighted by molar-refractivity contribution is 6.25. The monoisotopic (exact) mass is 622 g/mol. The highest BCUT2D eigenvalue weighted by Gasteiger charge is 2.21. The van der Waals surface area contributed by atoms with Gasteiger partial charge in [-0.1, -0.05) is 121 Å². The minimum atomic E-state index is 0.968. The van der Waals surface area contributed by atoms with E-state index in [1.807, 2.05) is 6.20 Å². The number of aromatic nitrogens is 3. The summed E-state index contributed by atoms with van der Waals surface area (Å²) in [4.78, 5) is 8.81. The van der Waals surface area contributed by atoms with Crippen molar-refractivity contribution in [3.8, 4) is 22.3 Å². The summed E-state index contributed by atoms with van der Waals surface area (Å²) >= 11 is 0. The van der Waals surface area contributed by atoms with Crippen LogP contribution in [-0.4, -0.2) is 9.38 Å². The van der Waals surface area contributed by atoms with E-state index in [-0.39, 0.29) is 0 Å². The van der Waals surface area contributed by atoms with Crippen molar-refractivity contribution in [1.29, 1.82) is 0 Å². The Morgan fingerprint density at radius 2 is 1.10 bits per heavy atom. The van der Waals surface area contributed by atoms with E-state index in [9.17, 15) is 0 Å². The lowest BCUT2D eigenvalue weighted by Crippen LogP contribution is -2.03. The summed E-state index contributed by atoms with van der Waals surface area (Å²) in [5, 5.41) is 12.2. The Morgan fingerprint density at radius 1 is 0.449 bits per heavy atom. The zero-order chi connectivity index (χ0) is 32.1. The van der Waals surface area contributed by atoms with Crippen molar-refractivity contribution in [1.82, 2.24) is 9.38 Å². The van der Waals surface area contributed by atoms with Gasteiger partial charge in [-0.25, -0.2) is 9.97 Å². The van der Waals surface area contributed by atoms with E-state index in [0.717, 1.165) is 33.1 Å².